The first-order chi connectivity index (χ1) is 14.0. The van der Waals surface area contributed by atoms with Crippen molar-refractivity contribution < 1.29 is 9.59 Å². The Kier molecular flexibility index (Phi) is 5.49. The van der Waals surface area contributed by atoms with Crippen LogP contribution in [0.5, 0.6) is 0 Å². The molecule has 1 aliphatic rings. The van der Waals surface area contributed by atoms with E-state index in [0.717, 1.165) is 48.1 Å². The Morgan fingerprint density at radius 3 is 2.41 bits per heavy atom. The molecule has 0 radical (unpaired) electrons. The van der Waals surface area contributed by atoms with Gasteiger partial charge in [0, 0.05) is 46.9 Å². The van der Waals surface area contributed by atoms with Gasteiger partial charge in [0.2, 0.25) is 0 Å². The van der Waals surface area contributed by atoms with E-state index in [4.69, 9.17) is 0 Å². The average Bonchev–Trinajstić information content (AvgIpc) is 3.09. The third kappa shape index (κ3) is 3.96. The molecule has 0 spiro atoms. The topological polar surface area (TPSA) is 65.2 Å². The van der Waals surface area contributed by atoms with Crippen molar-refractivity contribution in [3.05, 3.63) is 71.4 Å². The molecule has 2 aromatic carbocycles. The van der Waals surface area contributed by atoms with Crippen molar-refractivity contribution in [1.29, 1.82) is 0 Å². The number of aromatic nitrogens is 1. The largest absolute Gasteiger partial charge is 0.358 e. The molecular formula is C24H27N3O2. The Morgan fingerprint density at radius 2 is 1.69 bits per heavy atom. The van der Waals surface area contributed by atoms with Gasteiger partial charge in [0.05, 0.1) is 6.04 Å². The number of hydrogen-bond acceptors (Lipinski definition) is 3. The summed E-state index contributed by atoms with van der Waals surface area (Å²) in [4.78, 5) is 31.2. The average molecular weight is 389 g/mol. The van der Waals surface area contributed by atoms with Crippen LogP contribution in [0.25, 0.3) is 10.9 Å². The summed E-state index contributed by atoms with van der Waals surface area (Å²) in [5.74, 6) is 0.134. The smallest absolute Gasteiger partial charge is 0.251 e. The molecule has 3 aromatic rings. The number of nitrogens with zero attached hydrogens (tertiary/aromatic N) is 1. The van der Waals surface area contributed by atoms with Gasteiger partial charge < -0.3 is 10.3 Å². The molecule has 1 unspecified atom stereocenters. The fourth-order valence-electron chi connectivity index (χ4n) is 4.26. The van der Waals surface area contributed by atoms with Crippen molar-refractivity contribution in [3.8, 4) is 0 Å². The second-order valence-electron chi connectivity index (χ2n) is 7.86. The summed E-state index contributed by atoms with van der Waals surface area (Å²) in [6.45, 7) is 5.56. The van der Waals surface area contributed by atoms with Gasteiger partial charge in [0.15, 0.2) is 5.78 Å². The molecule has 1 aliphatic heterocycles. The Balaban J connectivity index is 1.38. The number of likely N-dealkylation sites (tertiary alicyclic amines) is 1. The van der Waals surface area contributed by atoms with Crippen molar-refractivity contribution in [2.24, 2.45) is 0 Å². The predicted octanol–water partition coefficient (Wildman–Crippen LogP) is 3.94. The molecule has 0 bridgehead atoms. The molecule has 5 heteroatoms. The number of carbonyl (C=O) groups is 2. The molecule has 1 amide bonds. The van der Waals surface area contributed by atoms with Crippen LogP contribution in [0, 0.1) is 6.92 Å². The van der Waals surface area contributed by atoms with Gasteiger partial charge in [0.1, 0.15) is 0 Å². The van der Waals surface area contributed by atoms with E-state index < -0.39 is 0 Å². The number of ketones is 1. The zero-order valence-electron chi connectivity index (χ0n) is 16.9. The first kappa shape index (κ1) is 19.4. The van der Waals surface area contributed by atoms with Gasteiger partial charge in [-0.05, 0) is 44.9 Å². The van der Waals surface area contributed by atoms with Crippen LogP contribution < -0.4 is 5.32 Å². The number of Topliss-reactive ketones (excluding diaryl/α,β-unsaturated/α-hetero) is 1. The summed E-state index contributed by atoms with van der Waals surface area (Å²) in [6.07, 6.45) is 1.70. The molecule has 2 N–H and O–H groups in total. The molecule has 29 heavy (non-hydrogen) atoms. The third-order valence-electron chi connectivity index (χ3n) is 5.97. The summed E-state index contributed by atoms with van der Waals surface area (Å²) < 4.78 is 0. The number of H-pyrrole nitrogens is 1. The lowest BCUT2D eigenvalue weighted by Gasteiger charge is -2.35. The van der Waals surface area contributed by atoms with E-state index in [9.17, 15) is 9.59 Å². The molecule has 1 atom stereocenters. The molecule has 0 saturated carbocycles. The number of fused-ring (bicyclic) bond motifs is 1. The van der Waals surface area contributed by atoms with Crippen LogP contribution in [0.15, 0.2) is 54.6 Å². The molecule has 1 aromatic heterocycles. The molecule has 5 nitrogen and oxygen atoms in total. The predicted molar refractivity (Wildman–Crippen MR) is 115 cm³/mol. The summed E-state index contributed by atoms with van der Waals surface area (Å²) in [5.41, 5.74) is 3.41. The molecule has 4 rings (SSSR count). The van der Waals surface area contributed by atoms with Crippen LogP contribution in [-0.2, 0) is 0 Å². The van der Waals surface area contributed by atoms with Crippen LogP contribution in [0.4, 0.5) is 0 Å². The van der Waals surface area contributed by atoms with Crippen LogP contribution in [0.2, 0.25) is 0 Å². The van der Waals surface area contributed by atoms with Crippen molar-refractivity contribution >= 4 is 22.6 Å². The number of hydrogen-bond donors (Lipinski definition) is 2. The van der Waals surface area contributed by atoms with E-state index in [-0.39, 0.29) is 23.8 Å². The number of aromatic amines is 1. The summed E-state index contributed by atoms with van der Waals surface area (Å²) in [5, 5.41) is 4.12. The summed E-state index contributed by atoms with van der Waals surface area (Å²) in [7, 11) is 0. The van der Waals surface area contributed by atoms with E-state index >= 15 is 0 Å². The van der Waals surface area contributed by atoms with E-state index in [1.807, 2.05) is 68.4 Å². The maximum atomic E-state index is 13.3. The monoisotopic (exact) mass is 389 g/mol. The van der Waals surface area contributed by atoms with Crippen LogP contribution in [0.3, 0.4) is 0 Å². The summed E-state index contributed by atoms with van der Waals surface area (Å²) >= 11 is 0. The fraction of sp³-hybridized carbons (Fsp3) is 0.333. The van der Waals surface area contributed by atoms with Crippen molar-refractivity contribution in [2.45, 2.75) is 38.8 Å². The van der Waals surface area contributed by atoms with Crippen molar-refractivity contribution in [1.82, 2.24) is 15.2 Å². The third-order valence-corrected chi connectivity index (χ3v) is 5.97. The first-order valence-corrected chi connectivity index (χ1v) is 10.3. The normalized spacial score (nSPS) is 16.6. The Hall–Kier alpha value is -2.92. The van der Waals surface area contributed by atoms with Gasteiger partial charge in [-0.1, -0.05) is 36.4 Å². The number of benzene rings is 2. The maximum Gasteiger partial charge on any atom is 0.251 e. The number of para-hydroxylation sites is 1. The Morgan fingerprint density at radius 1 is 1.03 bits per heavy atom. The minimum Gasteiger partial charge on any atom is -0.358 e. The van der Waals surface area contributed by atoms with Gasteiger partial charge in [-0.15, -0.1) is 0 Å². The van der Waals surface area contributed by atoms with E-state index in [1.54, 1.807) is 0 Å². The van der Waals surface area contributed by atoms with Crippen LogP contribution >= 0.6 is 0 Å². The van der Waals surface area contributed by atoms with Gasteiger partial charge in [-0.25, -0.2) is 0 Å². The Labute approximate surface area is 171 Å². The van der Waals surface area contributed by atoms with Gasteiger partial charge >= 0.3 is 0 Å². The van der Waals surface area contributed by atoms with Crippen molar-refractivity contribution in [3.63, 3.8) is 0 Å². The summed E-state index contributed by atoms with van der Waals surface area (Å²) in [6, 6.07) is 17.2. The quantitative estimate of drug-likeness (QED) is 0.650. The highest BCUT2D eigenvalue weighted by atomic mass is 16.1. The van der Waals surface area contributed by atoms with E-state index in [2.05, 4.69) is 15.2 Å². The highest BCUT2D eigenvalue weighted by Crippen LogP contribution is 2.25. The van der Waals surface area contributed by atoms with Crippen molar-refractivity contribution in [2.75, 3.05) is 13.1 Å². The lowest BCUT2D eigenvalue weighted by atomic mass is 9.97. The van der Waals surface area contributed by atoms with E-state index in [1.165, 1.54) is 0 Å². The number of rotatable bonds is 5. The molecule has 1 saturated heterocycles. The van der Waals surface area contributed by atoms with Gasteiger partial charge in [-0.3, -0.25) is 14.5 Å². The van der Waals surface area contributed by atoms with Gasteiger partial charge in [0.25, 0.3) is 5.91 Å². The Bertz CT molecular complexity index is 1020. The second-order valence-corrected chi connectivity index (χ2v) is 7.86. The number of nitrogens with one attached hydrogen (secondary N) is 2. The minimum atomic E-state index is -0.182. The number of carbonyl (C=O) groups excluding carboxylic acids is 2. The maximum absolute atomic E-state index is 13.3. The van der Waals surface area contributed by atoms with Crippen LogP contribution in [-0.4, -0.2) is 46.7 Å². The standard InChI is InChI=1S/C24H27N3O2/c1-16-22(20-10-6-7-11-21(20)25-16)23(28)17(2)27-14-12-19(13-15-27)26-24(29)18-8-4-3-5-9-18/h3-11,17,19,25H,12-15H2,1-2H3,(H,26,29). The van der Waals surface area contributed by atoms with Crippen LogP contribution in [0.1, 0.15) is 46.2 Å². The second kappa shape index (κ2) is 8.21. The molecule has 2 heterocycles. The minimum absolute atomic E-state index is 0.0254. The first-order valence-electron chi connectivity index (χ1n) is 10.3. The highest BCUT2D eigenvalue weighted by Gasteiger charge is 2.30. The highest BCUT2D eigenvalue weighted by molar-refractivity contribution is 6.11. The lowest BCUT2D eigenvalue weighted by molar-refractivity contribution is 0.0762. The number of amides is 1. The SMILES string of the molecule is Cc1[nH]c2ccccc2c1C(=O)C(C)N1CCC(NC(=O)c2ccccc2)CC1. The van der Waals surface area contributed by atoms with E-state index in [0.29, 0.717) is 5.56 Å². The lowest BCUT2D eigenvalue weighted by Crippen LogP contribution is -2.49. The molecular weight excluding hydrogens is 362 g/mol. The fourth-order valence-corrected chi connectivity index (χ4v) is 4.26. The zero-order valence-corrected chi connectivity index (χ0v) is 16.9. The number of aryl methyl sites for hydroxylation is 1. The number of piperidine rings is 1. The van der Waals surface area contributed by atoms with Gasteiger partial charge in [-0.2, -0.15) is 0 Å². The zero-order chi connectivity index (χ0) is 20.4. The molecule has 150 valence electrons. The molecule has 1 fully saturated rings. The molecule has 0 aliphatic carbocycles.